The van der Waals surface area contributed by atoms with Gasteiger partial charge in [0.25, 0.3) is 15.9 Å². The van der Waals surface area contributed by atoms with Crippen LogP contribution in [0.3, 0.4) is 0 Å². The highest BCUT2D eigenvalue weighted by atomic mass is 32.2. The Balaban J connectivity index is 1.55. The molecular formula is C31H46N4O10S. The Morgan fingerprint density at radius 1 is 0.761 bits per heavy atom. The first kappa shape index (κ1) is 38.6. The van der Waals surface area contributed by atoms with Gasteiger partial charge in [0.15, 0.2) is 0 Å². The van der Waals surface area contributed by atoms with Gasteiger partial charge in [-0.15, -0.1) is 0 Å². The number of amides is 2. The molecule has 0 radical (unpaired) electrons. The van der Waals surface area contributed by atoms with E-state index in [-0.39, 0.29) is 94.0 Å². The number of carboxylic acids is 1. The second kappa shape index (κ2) is 22.8. The van der Waals surface area contributed by atoms with Crippen LogP contribution in [0.4, 0.5) is 5.82 Å². The highest BCUT2D eigenvalue weighted by Crippen LogP contribution is 2.17. The van der Waals surface area contributed by atoms with Gasteiger partial charge < -0.3 is 34.7 Å². The molecule has 1 heterocycles. The van der Waals surface area contributed by atoms with Crippen molar-refractivity contribution < 1.29 is 46.9 Å². The van der Waals surface area contributed by atoms with E-state index in [0.717, 1.165) is 18.4 Å². The number of carbonyl (C=O) groups is 3. The zero-order chi connectivity index (χ0) is 33.5. The molecule has 0 saturated heterocycles. The van der Waals surface area contributed by atoms with Crippen LogP contribution in [0.15, 0.2) is 47.5 Å². The van der Waals surface area contributed by atoms with Crippen molar-refractivity contribution in [2.75, 3.05) is 70.7 Å². The lowest BCUT2D eigenvalue weighted by molar-refractivity contribution is -0.142. The van der Waals surface area contributed by atoms with Gasteiger partial charge in [0.05, 0.1) is 50.1 Å². The largest absolute Gasteiger partial charge is 0.480 e. The zero-order valence-corrected chi connectivity index (χ0v) is 27.1. The number of anilines is 1. The van der Waals surface area contributed by atoms with Crippen LogP contribution in [0.5, 0.6) is 0 Å². The van der Waals surface area contributed by atoms with Crippen molar-refractivity contribution in [3.63, 3.8) is 0 Å². The lowest BCUT2D eigenvalue weighted by Gasteiger charge is -2.10. The van der Waals surface area contributed by atoms with Crippen LogP contribution >= 0.6 is 0 Å². The fourth-order valence-electron chi connectivity index (χ4n) is 3.97. The van der Waals surface area contributed by atoms with Crippen LogP contribution < -0.4 is 15.4 Å². The number of rotatable bonds is 26. The monoisotopic (exact) mass is 666 g/mol. The Labute approximate surface area is 270 Å². The van der Waals surface area contributed by atoms with Gasteiger partial charge in [-0.25, -0.2) is 18.2 Å². The summed E-state index contributed by atoms with van der Waals surface area (Å²) in [6.45, 7) is 3.41. The molecule has 0 unspecified atom stereocenters. The first-order valence-electron chi connectivity index (χ1n) is 15.4. The topological polar surface area (TPSA) is 191 Å². The number of aliphatic carboxylic acids is 1. The Morgan fingerprint density at radius 3 is 2.02 bits per heavy atom. The number of unbranched alkanes of at least 4 members (excludes halogenated alkanes) is 4. The summed E-state index contributed by atoms with van der Waals surface area (Å²) in [4.78, 5) is 38.6. The van der Waals surface area contributed by atoms with E-state index in [4.69, 9.17) is 24.1 Å². The summed E-state index contributed by atoms with van der Waals surface area (Å²) in [5.41, 5.74) is 1.36. The van der Waals surface area contributed by atoms with Crippen LogP contribution in [-0.4, -0.2) is 102 Å². The number of nitrogens with one attached hydrogen (secondary N) is 3. The molecule has 4 N–H and O–H groups in total. The molecule has 0 fully saturated rings. The average Bonchev–Trinajstić information content (AvgIpc) is 3.03. The molecule has 2 rings (SSSR count). The van der Waals surface area contributed by atoms with Gasteiger partial charge in [0, 0.05) is 19.3 Å². The number of nitrogens with zero attached hydrogens (tertiary/aromatic N) is 1. The van der Waals surface area contributed by atoms with E-state index in [0.29, 0.717) is 0 Å². The molecule has 0 aliphatic carbocycles. The molecule has 0 bridgehead atoms. The number of hydrogen-bond donors (Lipinski definition) is 4. The van der Waals surface area contributed by atoms with Gasteiger partial charge in [-0.05, 0) is 42.7 Å². The fraction of sp³-hybridized carbons (Fsp3) is 0.548. The average molecular weight is 667 g/mol. The standard InChI is InChI=1S/C31H46N4O10S/c1-2-3-4-5-6-7-25-8-11-27(12-9-25)46(40,41)35-28-13-10-26(22-34-28)31(39)33-15-17-43-18-20-44-23-29(36)32-14-16-42-19-21-45-24-30(37)38/h8-13,22H,2-7,14-21,23-24H2,1H3,(H,32,36)(H,33,39)(H,34,35)(H,37,38). The molecule has 46 heavy (non-hydrogen) atoms. The Kier molecular flexibility index (Phi) is 19.1. The molecular weight excluding hydrogens is 620 g/mol. The number of aryl methyl sites for hydroxylation is 1. The van der Waals surface area contributed by atoms with Crippen molar-refractivity contribution in [1.82, 2.24) is 15.6 Å². The molecule has 1 aromatic heterocycles. The molecule has 15 heteroatoms. The zero-order valence-electron chi connectivity index (χ0n) is 26.3. The fourth-order valence-corrected chi connectivity index (χ4v) is 4.98. The smallest absolute Gasteiger partial charge is 0.329 e. The normalized spacial score (nSPS) is 11.2. The minimum Gasteiger partial charge on any atom is -0.480 e. The van der Waals surface area contributed by atoms with Gasteiger partial charge in [-0.2, -0.15) is 0 Å². The van der Waals surface area contributed by atoms with Gasteiger partial charge in [-0.1, -0.05) is 44.7 Å². The van der Waals surface area contributed by atoms with E-state index < -0.39 is 16.0 Å². The lowest BCUT2D eigenvalue weighted by Crippen LogP contribution is -2.31. The summed E-state index contributed by atoms with van der Waals surface area (Å²) >= 11 is 0. The van der Waals surface area contributed by atoms with Crippen molar-refractivity contribution in [1.29, 1.82) is 0 Å². The second-order valence-electron chi connectivity index (χ2n) is 10.2. The number of carbonyl (C=O) groups excluding carboxylic acids is 2. The van der Waals surface area contributed by atoms with Crippen molar-refractivity contribution >= 4 is 33.6 Å². The molecule has 0 aliphatic rings. The summed E-state index contributed by atoms with van der Waals surface area (Å²) in [6, 6.07) is 9.74. The number of sulfonamides is 1. The molecule has 0 spiro atoms. The predicted molar refractivity (Wildman–Crippen MR) is 170 cm³/mol. The first-order valence-corrected chi connectivity index (χ1v) is 16.8. The molecule has 2 aromatic rings. The number of hydrogen-bond acceptors (Lipinski definition) is 10. The number of pyridine rings is 1. The van der Waals surface area contributed by atoms with Crippen LogP contribution in [0.1, 0.15) is 54.9 Å². The Bertz CT molecular complexity index is 1280. The second-order valence-corrected chi connectivity index (χ2v) is 11.9. The summed E-state index contributed by atoms with van der Waals surface area (Å²) in [5, 5.41) is 13.7. The maximum absolute atomic E-state index is 12.8. The molecule has 0 aliphatic heterocycles. The third-order valence-corrected chi connectivity index (χ3v) is 7.74. The SMILES string of the molecule is CCCCCCCc1ccc(S(=O)(=O)Nc2ccc(C(=O)NCCOCCOCC(=O)NCCOCCOCC(=O)O)cn2)cc1. The van der Waals surface area contributed by atoms with Crippen LogP contribution in [-0.2, 0) is 45.0 Å². The Hall–Kier alpha value is -3.63. The number of aromatic nitrogens is 1. The summed E-state index contributed by atoms with van der Waals surface area (Å²) < 4.78 is 48.6. The maximum Gasteiger partial charge on any atom is 0.329 e. The van der Waals surface area contributed by atoms with Gasteiger partial charge in [0.2, 0.25) is 5.91 Å². The molecule has 2 amide bonds. The van der Waals surface area contributed by atoms with Crippen molar-refractivity contribution in [3.05, 3.63) is 53.7 Å². The third kappa shape index (κ3) is 17.2. The number of benzene rings is 1. The van der Waals surface area contributed by atoms with E-state index in [2.05, 4.69) is 27.3 Å². The highest BCUT2D eigenvalue weighted by Gasteiger charge is 2.15. The van der Waals surface area contributed by atoms with Gasteiger partial charge in [0.1, 0.15) is 19.0 Å². The van der Waals surface area contributed by atoms with E-state index in [9.17, 15) is 22.8 Å². The van der Waals surface area contributed by atoms with Crippen molar-refractivity contribution in [2.24, 2.45) is 0 Å². The minimum absolute atomic E-state index is 0.0990. The molecule has 256 valence electrons. The van der Waals surface area contributed by atoms with Crippen LogP contribution in [0.25, 0.3) is 0 Å². The minimum atomic E-state index is -3.82. The van der Waals surface area contributed by atoms with Crippen LogP contribution in [0.2, 0.25) is 0 Å². The molecule has 0 atom stereocenters. The van der Waals surface area contributed by atoms with E-state index in [1.54, 1.807) is 12.1 Å². The maximum atomic E-state index is 12.8. The highest BCUT2D eigenvalue weighted by molar-refractivity contribution is 7.92. The molecule has 1 aromatic carbocycles. The van der Waals surface area contributed by atoms with Crippen molar-refractivity contribution in [3.8, 4) is 0 Å². The van der Waals surface area contributed by atoms with E-state index >= 15 is 0 Å². The third-order valence-electron chi connectivity index (χ3n) is 6.37. The van der Waals surface area contributed by atoms with Crippen LogP contribution in [0, 0.1) is 0 Å². The molecule has 14 nitrogen and oxygen atoms in total. The Morgan fingerprint density at radius 2 is 1.39 bits per heavy atom. The number of carboxylic acid groups (broad SMARTS) is 1. The predicted octanol–water partition coefficient (Wildman–Crippen LogP) is 2.39. The summed E-state index contributed by atoms with van der Waals surface area (Å²) in [6.07, 6.45) is 8.10. The van der Waals surface area contributed by atoms with E-state index in [1.807, 2.05) is 12.1 Å². The number of ether oxygens (including phenoxy) is 4. The quantitative estimate of drug-likeness (QED) is 0.108. The van der Waals surface area contributed by atoms with Crippen molar-refractivity contribution in [2.45, 2.75) is 50.3 Å². The van der Waals surface area contributed by atoms with E-state index in [1.165, 1.54) is 44.0 Å². The van der Waals surface area contributed by atoms with Gasteiger partial charge >= 0.3 is 5.97 Å². The van der Waals surface area contributed by atoms with Gasteiger partial charge in [-0.3, -0.25) is 14.3 Å². The lowest BCUT2D eigenvalue weighted by atomic mass is 10.1. The first-order chi connectivity index (χ1) is 22.2. The molecule has 0 saturated carbocycles. The summed E-state index contributed by atoms with van der Waals surface area (Å²) in [7, 11) is -3.82. The summed E-state index contributed by atoms with van der Waals surface area (Å²) in [5.74, 6) is -1.65.